The topological polar surface area (TPSA) is 75.6 Å². The third-order valence-corrected chi connectivity index (χ3v) is 4.14. The number of amides is 1. The maximum Gasteiger partial charge on any atom is 0.313 e. The van der Waals surface area contributed by atoms with Gasteiger partial charge >= 0.3 is 5.97 Å². The molecule has 1 aliphatic heterocycles. The summed E-state index contributed by atoms with van der Waals surface area (Å²) in [4.78, 5) is 22.4. The fraction of sp³-hybridized carbons (Fsp3) is 0.467. The number of rotatable bonds is 5. The molecule has 2 rings (SSSR count). The Morgan fingerprint density at radius 2 is 2.18 bits per heavy atom. The van der Waals surface area contributed by atoms with E-state index >= 15 is 0 Å². The van der Waals surface area contributed by atoms with Crippen molar-refractivity contribution in [2.45, 2.75) is 31.9 Å². The van der Waals surface area contributed by atoms with Crippen LogP contribution in [0.25, 0.3) is 0 Å². The van der Waals surface area contributed by atoms with E-state index in [-0.39, 0.29) is 23.5 Å². The van der Waals surface area contributed by atoms with Crippen molar-refractivity contribution < 1.29 is 23.8 Å². The summed E-state index contributed by atoms with van der Waals surface area (Å²) in [5.41, 5.74) is 0.213. The zero-order chi connectivity index (χ0) is 16.3. The van der Waals surface area contributed by atoms with Gasteiger partial charge in [-0.15, -0.1) is 11.8 Å². The lowest BCUT2D eigenvalue weighted by Crippen LogP contribution is -2.41. The number of carboxylic acid groups (broad SMARTS) is 1. The van der Waals surface area contributed by atoms with Crippen LogP contribution in [0.1, 0.15) is 31.9 Å². The van der Waals surface area contributed by atoms with Gasteiger partial charge in [0.1, 0.15) is 17.2 Å². The van der Waals surface area contributed by atoms with E-state index in [1.165, 1.54) is 12.1 Å². The summed E-state index contributed by atoms with van der Waals surface area (Å²) in [6.07, 6.45) is 0.557. The molecule has 2 N–H and O–H groups in total. The Labute approximate surface area is 132 Å². The molecule has 0 saturated carbocycles. The number of carbonyl (C=O) groups excluding carboxylic acids is 1. The van der Waals surface area contributed by atoms with Crippen LogP contribution in [0.3, 0.4) is 0 Å². The molecule has 1 heterocycles. The second kappa shape index (κ2) is 6.56. The fourth-order valence-electron chi connectivity index (χ4n) is 2.42. The molecule has 0 fully saturated rings. The highest BCUT2D eigenvalue weighted by Crippen LogP contribution is 2.39. The van der Waals surface area contributed by atoms with Gasteiger partial charge in [-0.05, 0) is 19.9 Å². The monoisotopic (exact) mass is 327 g/mol. The molecule has 0 spiro atoms. The third-order valence-electron chi connectivity index (χ3n) is 3.23. The Bertz CT molecular complexity index is 591. The number of nitrogens with one attached hydrogen (secondary N) is 1. The Kier molecular flexibility index (Phi) is 4.95. The smallest absolute Gasteiger partial charge is 0.313 e. The third kappa shape index (κ3) is 4.37. The van der Waals surface area contributed by atoms with Crippen LogP contribution in [-0.2, 0) is 9.59 Å². The first kappa shape index (κ1) is 16.6. The van der Waals surface area contributed by atoms with Crippen molar-refractivity contribution in [2.24, 2.45) is 0 Å². The van der Waals surface area contributed by atoms with Gasteiger partial charge in [0.2, 0.25) is 5.91 Å². The van der Waals surface area contributed by atoms with Crippen LogP contribution in [0.2, 0.25) is 0 Å². The molecule has 0 aliphatic carbocycles. The molecule has 22 heavy (non-hydrogen) atoms. The van der Waals surface area contributed by atoms with E-state index in [1.807, 2.05) is 13.8 Å². The number of hydrogen-bond donors (Lipinski definition) is 2. The minimum atomic E-state index is -0.953. The molecule has 1 atom stereocenters. The predicted molar refractivity (Wildman–Crippen MR) is 81.6 cm³/mol. The fourth-order valence-corrected chi connectivity index (χ4v) is 2.97. The van der Waals surface area contributed by atoms with Gasteiger partial charge in [0.15, 0.2) is 0 Å². The van der Waals surface area contributed by atoms with Crippen LogP contribution >= 0.6 is 11.8 Å². The van der Waals surface area contributed by atoms with Gasteiger partial charge in [0.05, 0.1) is 17.5 Å². The van der Waals surface area contributed by atoms with Crippen LogP contribution in [0, 0.1) is 5.82 Å². The summed E-state index contributed by atoms with van der Waals surface area (Å²) in [6.45, 7) is 3.75. The normalized spacial score (nSPS) is 19.0. The maximum absolute atomic E-state index is 13.4. The van der Waals surface area contributed by atoms with E-state index in [2.05, 4.69) is 5.32 Å². The first-order valence-corrected chi connectivity index (χ1v) is 8.00. The zero-order valence-electron chi connectivity index (χ0n) is 12.4. The van der Waals surface area contributed by atoms with Crippen molar-refractivity contribution in [1.82, 2.24) is 5.32 Å². The Morgan fingerprint density at radius 1 is 1.45 bits per heavy atom. The van der Waals surface area contributed by atoms with Crippen molar-refractivity contribution >= 4 is 23.6 Å². The summed E-state index contributed by atoms with van der Waals surface area (Å²) in [5, 5.41) is 11.4. The second-order valence-electron chi connectivity index (χ2n) is 5.75. The average molecular weight is 327 g/mol. The lowest BCUT2D eigenvalue weighted by Gasteiger charge is -2.37. The number of benzene rings is 1. The molecule has 1 amide bonds. The molecule has 0 saturated heterocycles. The standard InChI is InChI=1S/C15H18FNO4S/c1-15(2)6-11(17-13(18)7-22-8-14(19)20)10-4-3-9(16)5-12(10)21-15/h3-5,11H,6-8H2,1-2H3,(H,17,18)(H,19,20). The number of fused-ring (bicyclic) bond motifs is 1. The molecular weight excluding hydrogens is 309 g/mol. The van der Waals surface area contributed by atoms with E-state index in [4.69, 9.17) is 9.84 Å². The second-order valence-corrected chi connectivity index (χ2v) is 6.74. The molecule has 1 aliphatic rings. The zero-order valence-corrected chi connectivity index (χ0v) is 13.2. The SMILES string of the molecule is CC1(C)CC(NC(=O)CSCC(=O)O)c2ccc(F)cc2O1. The molecule has 1 unspecified atom stereocenters. The minimum absolute atomic E-state index is 0.0701. The molecule has 120 valence electrons. The van der Waals surface area contributed by atoms with Crippen molar-refractivity contribution in [3.8, 4) is 5.75 Å². The Hall–Kier alpha value is -1.76. The summed E-state index contributed by atoms with van der Waals surface area (Å²) >= 11 is 1.04. The van der Waals surface area contributed by atoms with Crippen molar-refractivity contribution in [1.29, 1.82) is 0 Å². The summed E-state index contributed by atoms with van der Waals surface area (Å²) in [7, 11) is 0. The minimum Gasteiger partial charge on any atom is -0.487 e. The van der Waals surface area contributed by atoms with Gasteiger partial charge in [-0.1, -0.05) is 6.07 Å². The van der Waals surface area contributed by atoms with Crippen molar-refractivity contribution in [3.63, 3.8) is 0 Å². The number of carbonyl (C=O) groups is 2. The molecule has 1 aromatic rings. The van der Waals surface area contributed by atoms with Gasteiger partial charge in [0.25, 0.3) is 0 Å². The molecular formula is C15H18FNO4S. The lowest BCUT2D eigenvalue weighted by atomic mass is 9.89. The lowest BCUT2D eigenvalue weighted by molar-refractivity contribution is -0.133. The highest BCUT2D eigenvalue weighted by atomic mass is 32.2. The number of carboxylic acids is 1. The van der Waals surface area contributed by atoms with Gasteiger partial charge < -0.3 is 15.2 Å². The number of aliphatic carboxylic acids is 1. The first-order valence-electron chi connectivity index (χ1n) is 6.84. The summed E-state index contributed by atoms with van der Waals surface area (Å²) in [6, 6.07) is 3.97. The number of hydrogen-bond acceptors (Lipinski definition) is 4. The van der Waals surface area contributed by atoms with E-state index in [0.29, 0.717) is 12.2 Å². The molecule has 0 radical (unpaired) electrons. The molecule has 1 aromatic carbocycles. The highest BCUT2D eigenvalue weighted by Gasteiger charge is 2.34. The van der Waals surface area contributed by atoms with E-state index < -0.39 is 17.4 Å². The molecule has 7 heteroatoms. The van der Waals surface area contributed by atoms with Gasteiger partial charge in [-0.2, -0.15) is 0 Å². The summed E-state index contributed by atoms with van der Waals surface area (Å²) in [5.74, 6) is -1.21. The Morgan fingerprint density at radius 3 is 2.86 bits per heavy atom. The number of halogens is 1. The van der Waals surface area contributed by atoms with E-state index in [9.17, 15) is 14.0 Å². The number of ether oxygens (including phenoxy) is 1. The van der Waals surface area contributed by atoms with Gasteiger partial charge in [-0.3, -0.25) is 9.59 Å². The molecule has 5 nitrogen and oxygen atoms in total. The van der Waals surface area contributed by atoms with Gasteiger partial charge in [-0.25, -0.2) is 4.39 Å². The first-order chi connectivity index (χ1) is 10.3. The molecule has 0 aromatic heterocycles. The van der Waals surface area contributed by atoms with Crippen LogP contribution < -0.4 is 10.1 Å². The number of thioether (sulfide) groups is 1. The van der Waals surface area contributed by atoms with Crippen molar-refractivity contribution in [2.75, 3.05) is 11.5 Å². The average Bonchev–Trinajstić information content (AvgIpc) is 2.35. The highest BCUT2D eigenvalue weighted by molar-refractivity contribution is 8.00. The summed E-state index contributed by atoms with van der Waals surface area (Å²) < 4.78 is 19.1. The quantitative estimate of drug-likeness (QED) is 0.868. The van der Waals surface area contributed by atoms with E-state index in [1.54, 1.807) is 6.07 Å². The van der Waals surface area contributed by atoms with Crippen LogP contribution in [0.5, 0.6) is 5.75 Å². The van der Waals surface area contributed by atoms with E-state index in [0.717, 1.165) is 17.3 Å². The molecule has 0 bridgehead atoms. The van der Waals surface area contributed by atoms with Crippen molar-refractivity contribution in [3.05, 3.63) is 29.6 Å². The van der Waals surface area contributed by atoms with Crippen LogP contribution in [0.4, 0.5) is 4.39 Å². The largest absolute Gasteiger partial charge is 0.487 e. The van der Waals surface area contributed by atoms with Crippen LogP contribution in [0.15, 0.2) is 18.2 Å². The Balaban J connectivity index is 2.07. The van der Waals surface area contributed by atoms with Gasteiger partial charge in [0, 0.05) is 18.1 Å². The predicted octanol–water partition coefficient (Wildman–Crippen LogP) is 2.36. The van der Waals surface area contributed by atoms with Crippen LogP contribution in [-0.4, -0.2) is 34.1 Å². The maximum atomic E-state index is 13.4.